The van der Waals surface area contributed by atoms with Crippen LogP contribution in [-0.2, 0) is 0 Å². The second-order valence-electron chi connectivity index (χ2n) is 7.66. The number of hydrogen-bond acceptors (Lipinski definition) is 2. The van der Waals surface area contributed by atoms with E-state index in [0.29, 0.717) is 5.92 Å². The maximum absolute atomic E-state index is 3.38. The second-order valence-corrected chi connectivity index (χ2v) is 7.66. The summed E-state index contributed by atoms with van der Waals surface area (Å²) < 4.78 is 0. The van der Waals surface area contributed by atoms with E-state index in [0.717, 1.165) is 38.0 Å². The molecule has 21 heavy (non-hydrogen) atoms. The molecule has 2 heteroatoms. The molecule has 0 spiro atoms. The molecule has 0 aromatic rings. The summed E-state index contributed by atoms with van der Waals surface area (Å²) in [6.45, 7) is 17.8. The lowest BCUT2D eigenvalue weighted by Crippen LogP contribution is -2.52. The molecule has 2 nitrogen and oxygen atoms in total. The molecule has 122 valence electrons. The van der Waals surface area contributed by atoms with Crippen molar-refractivity contribution in [1.82, 2.24) is 10.2 Å². The highest BCUT2D eigenvalue weighted by atomic mass is 15.2. The first-order valence-electron chi connectivity index (χ1n) is 8.81. The minimum Gasteiger partial charge on any atom is -0.314 e. The zero-order valence-electron chi connectivity index (χ0n) is 15.1. The molecule has 1 heterocycles. The Bertz CT molecular complexity index is 336. The fourth-order valence-electron chi connectivity index (χ4n) is 2.73. The van der Waals surface area contributed by atoms with Crippen LogP contribution < -0.4 is 5.32 Å². The Hall–Kier alpha value is -0.520. The van der Waals surface area contributed by atoms with Gasteiger partial charge in [0.25, 0.3) is 0 Å². The van der Waals surface area contributed by atoms with Crippen LogP contribution in [0.25, 0.3) is 0 Å². The van der Waals surface area contributed by atoms with Gasteiger partial charge in [0.15, 0.2) is 0 Å². The Morgan fingerprint density at radius 1 is 1.05 bits per heavy atom. The zero-order valence-corrected chi connectivity index (χ0v) is 15.1. The van der Waals surface area contributed by atoms with Gasteiger partial charge in [0.2, 0.25) is 0 Å². The summed E-state index contributed by atoms with van der Waals surface area (Å²) in [5.41, 5.74) is 0.0341. The van der Waals surface area contributed by atoms with Crippen molar-refractivity contribution in [1.29, 1.82) is 0 Å². The van der Waals surface area contributed by atoms with Crippen molar-refractivity contribution in [3.63, 3.8) is 0 Å². The highest BCUT2D eigenvalue weighted by molar-refractivity contribution is 5.16. The molecular weight excluding hydrogens is 256 g/mol. The van der Waals surface area contributed by atoms with Gasteiger partial charge in [-0.25, -0.2) is 0 Å². The summed E-state index contributed by atoms with van der Waals surface area (Å²) in [4.78, 5) is 2.46. The van der Waals surface area contributed by atoms with E-state index in [9.17, 15) is 0 Å². The molecule has 0 atom stereocenters. The molecule has 0 amide bonds. The normalized spacial score (nSPS) is 20.4. The van der Waals surface area contributed by atoms with Crippen LogP contribution in [-0.4, -0.2) is 36.6 Å². The van der Waals surface area contributed by atoms with Crippen LogP contribution in [0.3, 0.4) is 0 Å². The summed E-state index contributed by atoms with van der Waals surface area (Å²) in [6, 6.07) is 0. The van der Waals surface area contributed by atoms with Gasteiger partial charge >= 0.3 is 0 Å². The lowest BCUT2D eigenvalue weighted by molar-refractivity contribution is 0.149. The minimum absolute atomic E-state index is 0.0341. The predicted molar refractivity (Wildman–Crippen MR) is 93.3 cm³/mol. The van der Waals surface area contributed by atoms with Gasteiger partial charge in [-0.05, 0) is 25.7 Å². The van der Waals surface area contributed by atoms with E-state index in [4.69, 9.17) is 0 Å². The fourth-order valence-corrected chi connectivity index (χ4v) is 2.73. The topological polar surface area (TPSA) is 15.3 Å². The van der Waals surface area contributed by atoms with Crippen LogP contribution in [0.15, 0.2) is 0 Å². The molecule has 2 fully saturated rings. The number of hydrogen-bond donors (Lipinski definition) is 1. The van der Waals surface area contributed by atoms with Gasteiger partial charge in [0.1, 0.15) is 0 Å². The predicted octanol–water partition coefficient (Wildman–Crippen LogP) is 3.77. The molecule has 0 aromatic heterocycles. The van der Waals surface area contributed by atoms with E-state index in [1.54, 1.807) is 0 Å². The third-order valence-electron chi connectivity index (χ3n) is 4.67. The van der Waals surface area contributed by atoms with Crippen LogP contribution in [0.4, 0.5) is 0 Å². The second kappa shape index (κ2) is 8.81. The molecule has 0 bridgehead atoms. The van der Waals surface area contributed by atoms with E-state index in [1.165, 1.54) is 19.3 Å². The average molecular weight is 293 g/mol. The Morgan fingerprint density at radius 3 is 1.95 bits per heavy atom. The maximum Gasteiger partial charge on any atom is 0.0769 e. The third kappa shape index (κ3) is 6.85. The number of rotatable bonds is 2. The Morgan fingerprint density at radius 2 is 1.62 bits per heavy atom. The van der Waals surface area contributed by atoms with Crippen molar-refractivity contribution >= 4 is 0 Å². The summed E-state index contributed by atoms with van der Waals surface area (Å²) in [5, 5.41) is 3.36. The Balaban J connectivity index is 0.000000262. The number of nitrogens with zero attached hydrogens (tertiary/aromatic N) is 1. The first-order chi connectivity index (χ1) is 9.83. The van der Waals surface area contributed by atoms with E-state index in [2.05, 4.69) is 63.6 Å². The van der Waals surface area contributed by atoms with Crippen molar-refractivity contribution in [2.75, 3.05) is 26.2 Å². The molecule has 2 aliphatic rings. The lowest BCUT2D eigenvalue weighted by atomic mass is 9.78. The average Bonchev–Trinajstić information content (AvgIpc) is 2.36. The fraction of sp³-hybridized carbons (Fsp3) is 0.895. The standard InChI is InChI=1S/C12H22N2.C7H14/c1-11(2)5-6-12(3,4)14-9-7-13-8-10-14;1-6(2)7-4-3-5-7/h11,13H,7-10H2,1-4H3;6-7H,3-5H2,1-2H3. The van der Waals surface area contributed by atoms with Crippen molar-refractivity contribution in [3.05, 3.63) is 0 Å². The molecule has 1 aliphatic heterocycles. The number of nitrogens with one attached hydrogen (secondary N) is 1. The van der Waals surface area contributed by atoms with Gasteiger partial charge in [0.05, 0.1) is 5.54 Å². The van der Waals surface area contributed by atoms with Gasteiger partial charge in [-0.15, -0.1) is 0 Å². The van der Waals surface area contributed by atoms with Crippen LogP contribution in [0.1, 0.15) is 60.8 Å². The SMILES string of the molecule is CC(C)C#CC(C)(C)N1CCNCC1.CC(C)C1CCC1. The highest BCUT2D eigenvalue weighted by Gasteiger charge is 2.25. The molecule has 1 saturated heterocycles. The molecule has 0 aromatic carbocycles. The van der Waals surface area contributed by atoms with Crippen LogP contribution in [0, 0.1) is 29.6 Å². The first-order valence-corrected chi connectivity index (χ1v) is 8.81. The summed E-state index contributed by atoms with van der Waals surface area (Å²) in [7, 11) is 0. The van der Waals surface area contributed by atoms with Gasteiger partial charge in [-0.3, -0.25) is 4.90 Å². The van der Waals surface area contributed by atoms with Crippen molar-refractivity contribution in [2.24, 2.45) is 17.8 Å². The molecule has 2 rings (SSSR count). The van der Waals surface area contributed by atoms with E-state index >= 15 is 0 Å². The third-order valence-corrected chi connectivity index (χ3v) is 4.67. The first kappa shape index (κ1) is 18.5. The lowest BCUT2D eigenvalue weighted by Gasteiger charge is -2.37. The van der Waals surface area contributed by atoms with Crippen LogP contribution in [0.5, 0.6) is 0 Å². The highest BCUT2D eigenvalue weighted by Crippen LogP contribution is 2.32. The Labute approximate surface area is 133 Å². The molecular formula is C19H36N2. The summed E-state index contributed by atoms with van der Waals surface area (Å²) in [6.07, 6.45) is 4.48. The summed E-state index contributed by atoms with van der Waals surface area (Å²) in [5.74, 6) is 9.15. The molecule has 0 unspecified atom stereocenters. The number of piperazine rings is 1. The summed E-state index contributed by atoms with van der Waals surface area (Å²) >= 11 is 0. The van der Waals surface area contributed by atoms with E-state index < -0.39 is 0 Å². The molecule has 1 N–H and O–H groups in total. The quantitative estimate of drug-likeness (QED) is 0.779. The largest absolute Gasteiger partial charge is 0.314 e. The van der Waals surface area contributed by atoms with Crippen molar-refractivity contribution < 1.29 is 0 Å². The van der Waals surface area contributed by atoms with Crippen LogP contribution in [0.2, 0.25) is 0 Å². The van der Waals surface area contributed by atoms with E-state index in [1.807, 2.05) is 0 Å². The molecule has 1 saturated carbocycles. The smallest absolute Gasteiger partial charge is 0.0769 e. The Kier molecular flexibility index (Phi) is 7.77. The molecule has 1 aliphatic carbocycles. The monoisotopic (exact) mass is 292 g/mol. The van der Waals surface area contributed by atoms with Crippen LogP contribution >= 0.6 is 0 Å². The molecule has 0 radical (unpaired) electrons. The minimum atomic E-state index is 0.0341. The van der Waals surface area contributed by atoms with E-state index in [-0.39, 0.29) is 5.54 Å². The van der Waals surface area contributed by atoms with Crippen molar-refractivity contribution in [2.45, 2.75) is 66.3 Å². The van der Waals surface area contributed by atoms with Gasteiger partial charge in [-0.1, -0.05) is 58.8 Å². The van der Waals surface area contributed by atoms with Gasteiger partial charge in [-0.2, -0.15) is 0 Å². The van der Waals surface area contributed by atoms with Gasteiger partial charge in [0, 0.05) is 32.1 Å². The zero-order chi connectivity index (χ0) is 15.9. The van der Waals surface area contributed by atoms with Gasteiger partial charge < -0.3 is 5.32 Å². The van der Waals surface area contributed by atoms with Crippen molar-refractivity contribution in [3.8, 4) is 11.8 Å². The maximum atomic E-state index is 3.38.